The highest BCUT2D eigenvalue weighted by molar-refractivity contribution is 6.30. The Hall–Kier alpha value is -0.840. The van der Waals surface area contributed by atoms with Crippen LogP contribution in [-0.4, -0.2) is 24.4 Å². The Morgan fingerprint density at radius 3 is 3.00 bits per heavy atom. The van der Waals surface area contributed by atoms with Gasteiger partial charge in [0.05, 0.1) is 5.02 Å². The Bertz CT molecular complexity index is 383. The Morgan fingerprint density at radius 2 is 2.35 bits per heavy atom. The smallest absolute Gasteiger partial charge is 0.143 e. The molecule has 1 aliphatic rings. The molecule has 1 heterocycles. The summed E-state index contributed by atoms with van der Waals surface area (Å²) in [4.78, 5) is 0. The van der Waals surface area contributed by atoms with E-state index in [0.717, 1.165) is 25.9 Å². The number of hydrogen-bond acceptors (Lipinski definition) is 3. The first-order valence-electron chi connectivity index (χ1n) is 5.77. The molecule has 0 saturated carbocycles. The number of aliphatic hydroxyl groups excluding tert-OH is 1. The van der Waals surface area contributed by atoms with Gasteiger partial charge >= 0.3 is 0 Å². The number of anilines is 1. The molecule has 94 valence electrons. The molecule has 2 rings (SSSR count). The number of hydrogen-bond donors (Lipinski definition) is 3. The van der Waals surface area contributed by atoms with Gasteiger partial charge in [0.25, 0.3) is 0 Å². The average Bonchev–Trinajstić information content (AvgIpc) is 2.35. The van der Waals surface area contributed by atoms with Crippen LogP contribution in [0.15, 0.2) is 18.2 Å². The van der Waals surface area contributed by atoms with Gasteiger partial charge in [0.1, 0.15) is 12.0 Å². The summed E-state index contributed by atoms with van der Waals surface area (Å²) in [5.41, 5.74) is 0.546. The second-order valence-corrected chi connectivity index (χ2v) is 4.73. The Morgan fingerprint density at radius 1 is 1.53 bits per heavy atom. The first-order chi connectivity index (χ1) is 8.16. The van der Waals surface area contributed by atoms with E-state index in [4.69, 9.17) is 11.6 Å². The van der Waals surface area contributed by atoms with Gasteiger partial charge in [-0.15, -0.1) is 0 Å². The minimum Gasteiger partial charge on any atom is -0.373 e. The summed E-state index contributed by atoms with van der Waals surface area (Å²) in [5.74, 6) is -0.326. The molecular formula is C12H16ClFN2O. The lowest BCUT2D eigenvalue weighted by Gasteiger charge is -2.28. The van der Waals surface area contributed by atoms with Crippen LogP contribution in [0.5, 0.6) is 0 Å². The van der Waals surface area contributed by atoms with Crippen molar-refractivity contribution in [2.45, 2.75) is 19.1 Å². The van der Waals surface area contributed by atoms with Crippen LogP contribution in [0.25, 0.3) is 0 Å². The van der Waals surface area contributed by atoms with Crippen LogP contribution in [-0.2, 0) is 0 Å². The summed E-state index contributed by atoms with van der Waals surface area (Å²) >= 11 is 5.59. The van der Waals surface area contributed by atoms with Gasteiger partial charge in [0.15, 0.2) is 0 Å². The third kappa shape index (κ3) is 3.31. The van der Waals surface area contributed by atoms with Crippen molar-refractivity contribution in [3.05, 3.63) is 29.0 Å². The minimum absolute atomic E-state index is 0.0874. The van der Waals surface area contributed by atoms with Crippen molar-refractivity contribution >= 4 is 17.3 Å². The molecular weight excluding hydrogens is 243 g/mol. The van der Waals surface area contributed by atoms with E-state index in [2.05, 4.69) is 10.6 Å². The van der Waals surface area contributed by atoms with Crippen LogP contribution in [0.1, 0.15) is 12.8 Å². The highest BCUT2D eigenvalue weighted by Gasteiger charge is 2.21. The molecule has 0 radical (unpaired) electrons. The molecule has 1 aromatic carbocycles. The number of rotatable bonds is 3. The highest BCUT2D eigenvalue weighted by atomic mass is 35.5. The molecule has 0 amide bonds. The molecule has 1 aliphatic heterocycles. The maximum absolute atomic E-state index is 13.2. The zero-order chi connectivity index (χ0) is 12.3. The van der Waals surface area contributed by atoms with Gasteiger partial charge in [-0.2, -0.15) is 0 Å². The fraction of sp³-hybridized carbons (Fsp3) is 0.500. The molecule has 1 saturated heterocycles. The van der Waals surface area contributed by atoms with Crippen LogP contribution in [0.3, 0.4) is 0 Å². The molecule has 0 bridgehead atoms. The van der Waals surface area contributed by atoms with Gasteiger partial charge in [-0.05, 0) is 37.6 Å². The van der Waals surface area contributed by atoms with E-state index in [0.29, 0.717) is 5.69 Å². The summed E-state index contributed by atoms with van der Waals surface area (Å²) in [6.07, 6.45) is 1.36. The summed E-state index contributed by atoms with van der Waals surface area (Å²) in [5, 5.41) is 16.2. The summed E-state index contributed by atoms with van der Waals surface area (Å²) in [6, 6.07) is 4.43. The van der Waals surface area contributed by atoms with Crippen LogP contribution in [0.4, 0.5) is 10.1 Å². The van der Waals surface area contributed by atoms with E-state index in [1.165, 1.54) is 12.1 Å². The zero-order valence-electron chi connectivity index (χ0n) is 9.42. The number of aliphatic hydroxyl groups is 1. The van der Waals surface area contributed by atoms with E-state index < -0.39 is 12.0 Å². The molecule has 17 heavy (non-hydrogen) atoms. The molecule has 0 aromatic heterocycles. The normalized spacial score (nSPS) is 22.2. The van der Waals surface area contributed by atoms with Crippen LogP contribution >= 0.6 is 11.6 Å². The minimum atomic E-state index is -0.664. The maximum atomic E-state index is 13.2. The Kier molecular flexibility index (Phi) is 4.20. The predicted molar refractivity (Wildman–Crippen MR) is 66.6 cm³/mol. The maximum Gasteiger partial charge on any atom is 0.143 e. The summed E-state index contributed by atoms with van der Waals surface area (Å²) in [6.45, 7) is 1.78. The lowest BCUT2D eigenvalue weighted by molar-refractivity contribution is 0.116. The van der Waals surface area contributed by atoms with E-state index >= 15 is 0 Å². The lowest BCUT2D eigenvalue weighted by atomic mass is 9.98. The van der Waals surface area contributed by atoms with Crippen molar-refractivity contribution in [1.29, 1.82) is 0 Å². The van der Waals surface area contributed by atoms with Crippen molar-refractivity contribution in [2.24, 2.45) is 5.92 Å². The standard InChI is InChI=1S/C12H16ClFN2O/c13-10-4-3-9(6-11(10)14)16-12(17)8-2-1-5-15-7-8/h3-4,6,8,12,15-17H,1-2,5,7H2/t8-,12?/m0/s1. The molecule has 3 nitrogen and oxygen atoms in total. The molecule has 1 fully saturated rings. The molecule has 0 aliphatic carbocycles. The van der Waals surface area contributed by atoms with Crippen molar-refractivity contribution < 1.29 is 9.50 Å². The topological polar surface area (TPSA) is 44.3 Å². The van der Waals surface area contributed by atoms with Crippen molar-refractivity contribution in [1.82, 2.24) is 5.32 Å². The van der Waals surface area contributed by atoms with Gasteiger partial charge in [-0.25, -0.2) is 4.39 Å². The molecule has 3 N–H and O–H groups in total. The predicted octanol–water partition coefficient (Wildman–Crippen LogP) is 2.21. The lowest BCUT2D eigenvalue weighted by Crippen LogP contribution is -2.40. The monoisotopic (exact) mass is 258 g/mol. The Balaban J connectivity index is 1.96. The number of halogens is 2. The fourth-order valence-electron chi connectivity index (χ4n) is 2.02. The molecule has 1 unspecified atom stereocenters. The van der Waals surface area contributed by atoms with Gasteiger partial charge in [0, 0.05) is 18.2 Å². The van der Waals surface area contributed by atoms with Crippen molar-refractivity contribution in [3.8, 4) is 0 Å². The first kappa shape index (κ1) is 12.6. The van der Waals surface area contributed by atoms with E-state index in [-0.39, 0.29) is 10.9 Å². The number of piperidine rings is 1. The summed E-state index contributed by atoms with van der Waals surface area (Å²) < 4.78 is 13.2. The van der Waals surface area contributed by atoms with Crippen molar-refractivity contribution in [3.63, 3.8) is 0 Å². The van der Waals surface area contributed by atoms with Crippen molar-refractivity contribution in [2.75, 3.05) is 18.4 Å². The van der Waals surface area contributed by atoms with Crippen LogP contribution in [0, 0.1) is 11.7 Å². The second-order valence-electron chi connectivity index (χ2n) is 4.32. The van der Waals surface area contributed by atoms with Gasteiger partial charge < -0.3 is 15.7 Å². The van der Waals surface area contributed by atoms with Crippen LogP contribution < -0.4 is 10.6 Å². The van der Waals surface area contributed by atoms with Crippen LogP contribution in [0.2, 0.25) is 5.02 Å². The Labute approximate surface area is 105 Å². The zero-order valence-corrected chi connectivity index (χ0v) is 10.2. The number of nitrogens with one attached hydrogen (secondary N) is 2. The quantitative estimate of drug-likeness (QED) is 0.729. The second kappa shape index (κ2) is 5.67. The third-order valence-corrected chi connectivity index (χ3v) is 3.32. The van der Waals surface area contributed by atoms with E-state index in [1.807, 2.05) is 0 Å². The third-order valence-electron chi connectivity index (χ3n) is 3.02. The largest absolute Gasteiger partial charge is 0.373 e. The first-order valence-corrected chi connectivity index (χ1v) is 6.15. The van der Waals surface area contributed by atoms with E-state index in [1.54, 1.807) is 6.07 Å². The fourth-order valence-corrected chi connectivity index (χ4v) is 2.14. The number of benzene rings is 1. The van der Waals surface area contributed by atoms with Gasteiger partial charge in [-0.3, -0.25) is 0 Å². The average molecular weight is 259 g/mol. The molecule has 1 aromatic rings. The molecule has 5 heteroatoms. The highest BCUT2D eigenvalue weighted by Crippen LogP contribution is 2.21. The van der Waals surface area contributed by atoms with E-state index in [9.17, 15) is 9.50 Å². The SMILES string of the molecule is OC(Nc1ccc(Cl)c(F)c1)[C@H]1CCCNC1. The summed E-state index contributed by atoms with van der Waals surface area (Å²) in [7, 11) is 0. The van der Waals surface area contributed by atoms with Gasteiger partial charge in [0.2, 0.25) is 0 Å². The molecule has 2 atom stereocenters. The van der Waals surface area contributed by atoms with Gasteiger partial charge in [-0.1, -0.05) is 11.6 Å². The molecule has 0 spiro atoms.